The van der Waals surface area contributed by atoms with Crippen LogP contribution in [0.15, 0.2) is 29.4 Å². The van der Waals surface area contributed by atoms with Gasteiger partial charge >= 0.3 is 0 Å². The highest BCUT2D eigenvalue weighted by atomic mass is 19.1. The molecule has 1 amide bonds. The number of hydrogen-bond donors (Lipinski definition) is 1. The minimum Gasteiger partial charge on any atom is -0.411 e. The number of likely N-dealkylation sites (tertiary alicyclic amines) is 1. The molecule has 0 spiro atoms. The topological polar surface area (TPSA) is 52.9 Å². The van der Waals surface area contributed by atoms with E-state index >= 15 is 0 Å². The van der Waals surface area contributed by atoms with Crippen molar-refractivity contribution in [1.29, 1.82) is 0 Å². The molecule has 0 radical (unpaired) electrons. The SMILES string of the molecule is O=C1CCCN1C/C(=N/O)c1ccc(F)cc1. The smallest absolute Gasteiger partial charge is 0.222 e. The van der Waals surface area contributed by atoms with Crippen LogP contribution in [-0.4, -0.2) is 34.8 Å². The van der Waals surface area contributed by atoms with E-state index in [-0.39, 0.29) is 18.3 Å². The van der Waals surface area contributed by atoms with Crippen LogP contribution in [0.25, 0.3) is 0 Å². The third-order valence-electron chi connectivity index (χ3n) is 2.81. The van der Waals surface area contributed by atoms with Gasteiger partial charge in [0.15, 0.2) is 0 Å². The molecular weight excluding hydrogens is 223 g/mol. The molecule has 1 heterocycles. The molecule has 2 rings (SSSR count). The average molecular weight is 236 g/mol. The fraction of sp³-hybridized carbons (Fsp3) is 0.333. The largest absolute Gasteiger partial charge is 0.411 e. The molecule has 1 aliphatic heterocycles. The number of nitrogens with zero attached hydrogens (tertiary/aromatic N) is 2. The molecular formula is C12H13FN2O2. The van der Waals surface area contributed by atoms with E-state index in [1.165, 1.54) is 24.3 Å². The van der Waals surface area contributed by atoms with Gasteiger partial charge in [-0.2, -0.15) is 0 Å². The second kappa shape index (κ2) is 4.95. The van der Waals surface area contributed by atoms with Gasteiger partial charge in [-0.15, -0.1) is 0 Å². The number of halogens is 1. The number of rotatable bonds is 3. The second-order valence-corrected chi connectivity index (χ2v) is 3.97. The van der Waals surface area contributed by atoms with E-state index in [9.17, 15) is 9.18 Å². The molecule has 1 fully saturated rings. The highest BCUT2D eigenvalue weighted by molar-refractivity contribution is 6.03. The molecule has 1 aromatic carbocycles. The predicted octanol–water partition coefficient (Wildman–Crippen LogP) is 1.63. The maximum Gasteiger partial charge on any atom is 0.222 e. The summed E-state index contributed by atoms with van der Waals surface area (Å²) in [5, 5.41) is 12.1. The van der Waals surface area contributed by atoms with Crippen molar-refractivity contribution < 1.29 is 14.4 Å². The summed E-state index contributed by atoms with van der Waals surface area (Å²) < 4.78 is 12.8. The van der Waals surface area contributed by atoms with E-state index in [1.807, 2.05) is 0 Å². The summed E-state index contributed by atoms with van der Waals surface area (Å²) in [4.78, 5) is 13.1. The second-order valence-electron chi connectivity index (χ2n) is 3.97. The summed E-state index contributed by atoms with van der Waals surface area (Å²) in [6, 6.07) is 5.66. The molecule has 17 heavy (non-hydrogen) atoms. The molecule has 0 aromatic heterocycles. The first-order valence-corrected chi connectivity index (χ1v) is 5.45. The van der Waals surface area contributed by atoms with Crippen molar-refractivity contribution >= 4 is 11.6 Å². The first-order chi connectivity index (χ1) is 8.20. The molecule has 0 atom stereocenters. The third-order valence-corrected chi connectivity index (χ3v) is 2.81. The summed E-state index contributed by atoms with van der Waals surface area (Å²) in [6.07, 6.45) is 1.38. The molecule has 1 aromatic rings. The summed E-state index contributed by atoms with van der Waals surface area (Å²) in [6.45, 7) is 0.944. The van der Waals surface area contributed by atoms with Gasteiger partial charge in [-0.25, -0.2) is 4.39 Å². The van der Waals surface area contributed by atoms with Crippen LogP contribution in [0.2, 0.25) is 0 Å². The van der Waals surface area contributed by atoms with Gasteiger partial charge < -0.3 is 10.1 Å². The summed E-state index contributed by atoms with van der Waals surface area (Å²) in [7, 11) is 0. The Bertz CT molecular complexity index is 442. The Morgan fingerprint density at radius 2 is 2.12 bits per heavy atom. The normalized spacial score (nSPS) is 16.6. The third kappa shape index (κ3) is 2.61. The Labute approximate surface area is 98.3 Å². The fourth-order valence-electron chi connectivity index (χ4n) is 1.87. The highest BCUT2D eigenvalue weighted by Crippen LogP contribution is 2.12. The fourth-order valence-corrected chi connectivity index (χ4v) is 1.87. The van der Waals surface area contributed by atoms with Gasteiger partial charge in [-0.1, -0.05) is 17.3 Å². The zero-order valence-corrected chi connectivity index (χ0v) is 9.27. The summed E-state index contributed by atoms with van der Waals surface area (Å²) in [5.41, 5.74) is 0.994. The predicted molar refractivity (Wildman–Crippen MR) is 60.5 cm³/mol. The molecule has 1 saturated heterocycles. The zero-order valence-electron chi connectivity index (χ0n) is 9.27. The lowest BCUT2D eigenvalue weighted by Crippen LogP contribution is -2.31. The van der Waals surface area contributed by atoms with E-state index in [0.29, 0.717) is 24.2 Å². The molecule has 5 heteroatoms. The molecule has 0 saturated carbocycles. The van der Waals surface area contributed by atoms with Crippen LogP contribution in [-0.2, 0) is 4.79 Å². The minimum atomic E-state index is -0.344. The van der Waals surface area contributed by atoms with Crippen molar-refractivity contribution in [3.05, 3.63) is 35.6 Å². The standard InChI is InChI=1S/C12H13FN2O2/c13-10-5-3-9(4-6-10)11(14-17)8-15-7-1-2-12(15)16/h3-6,17H,1-2,7-8H2/b14-11-. The number of benzene rings is 1. The van der Waals surface area contributed by atoms with Gasteiger partial charge in [0.25, 0.3) is 0 Å². The average Bonchev–Trinajstić information content (AvgIpc) is 2.73. The van der Waals surface area contributed by atoms with Gasteiger partial charge in [0.05, 0.1) is 6.54 Å². The molecule has 1 aliphatic rings. The first kappa shape index (κ1) is 11.6. The molecule has 0 unspecified atom stereocenters. The molecule has 1 N–H and O–H groups in total. The van der Waals surface area contributed by atoms with Crippen molar-refractivity contribution in [3.63, 3.8) is 0 Å². The van der Waals surface area contributed by atoms with Crippen LogP contribution in [0.4, 0.5) is 4.39 Å². The number of hydrogen-bond acceptors (Lipinski definition) is 3. The van der Waals surface area contributed by atoms with Crippen molar-refractivity contribution in [2.24, 2.45) is 5.16 Å². The monoisotopic (exact) mass is 236 g/mol. The molecule has 0 bridgehead atoms. The number of carbonyl (C=O) groups is 1. The lowest BCUT2D eigenvalue weighted by Gasteiger charge is -2.16. The van der Waals surface area contributed by atoms with Crippen LogP contribution in [0, 0.1) is 5.82 Å². The first-order valence-electron chi connectivity index (χ1n) is 5.45. The molecule has 0 aliphatic carbocycles. The molecule has 4 nitrogen and oxygen atoms in total. The van der Waals surface area contributed by atoms with Gasteiger partial charge in [0.2, 0.25) is 5.91 Å². The van der Waals surface area contributed by atoms with Gasteiger partial charge in [-0.3, -0.25) is 4.79 Å². The van der Waals surface area contributed by atoms with Crippen molar-refractivity contribution in [2.75, 3.05) is 13.1 Å². The Kier molecular flexibility index (Phi) is 3.37. The van der Waals surface area contributed by atoms with Crippen molar-refractivity contribution in [3.8, 4) is 0 Å². The minimum absolute atomic E-state index is 0.0632. The quantitative estimate of drug-likeness (QED) is 0.492. The number of carbonyl (C=O) groups excluding carboxylic acids is 1. The van der Waals surface area contributed by atoms with E-state index in [1.54, 1.807) is 4.90 Å². The van der Waals surface area contributed by atoms with Crippen molar-refractivity contribution in [2.45, 2.75) is 12.8 Å². The summed E-state index contributed by atoms with van der Waals surface area (Å²) in [5.74, 6) is -0.281. The van der Waals surface area contributed by atoms with Crippen LogP contribution >= 0.6 is 0 Å². The van der Waals surface area contributed by atoms with Crippen LogP contribution < -0.4 is 0 Å². The van der Waals surface area contributed by atoms with Gasteiger partial charge in [-0.05, 0) is 18.6 Å². The lowest BCUT2D eigenvalue weighted by atomic mass is 10.1. The zero-order chi connectivity index (χ0) is 12.3. The van der Waals surface area contributed by atoms with Gasteiger partial charge in [0, 0.05) is 18.5 Å². The van der Waals surface area contributed by atoms with Crippen LogP contribution in [0.3, 0.4) is 0 Å². The van der Waals surface area contributed by atoms with Crippen LogP contribution in [0.5, 0.6) is 0 Å². The van der Waals surface area contributed by atoms with Crippen molar-refractivity contribution in [1.82, 2.24) is 4.90 Å². The number of amides is 1. The van der Waals surface area contributed by atoms with E-state index in [2.05, 4.69) is 5.16 Å². The van der Waals surface area contributed by atoms with E-state index in [0.717, 1.165) is 6.42 Å². The Morgan fingerprint density at radius 1 is 1.41 bits per heavy atom. The maximum atomic E-state index is 12.8. The summed E-state index contributed by atoms with van der Waals surface area (Å²) >= 11 is 0. The molecule has 90 valence electrons. The number of oxime groups is 1. The Morgan fingerprint density at radius 3 is 2.65 bits per heavy atom. The highest BCUT2D eigenvalue weighted by Gasteiger charge is 2.22. The van der Waals surface area contributed by atoms with Crippen LogP contribution in [0.1, 0.15) is 18.4 Å². The Hall–Kier alpha value is -1.91. The maximum absolute atomic E-state index is 12.8. The Balaban J connectivity index is 2.12. The lowest BCUT2D eigenvalue weighted by molar-refractivity contribution is -0.127. The van der Waals surface area contributed by atoms with E-state index < -0.39 is 0 Å². The van der Waals surface area contributed by atoms with Gasteiger partial charge in [0.1, 0.15) is 11.5 Å². The van der Waals surface area contributed by atoms with E-state index in [4.69, 9.17) is 5.21 Å².